The molecule has 2 heterocycles. The van der Waals surface area contributed by atoms with Crippen molar-refractivity contribution in [1.29, 1.82) is 0 Å². The van der Waals surface area contributed by atoms with E-state index in [0.717, 1.165) is 17.7 Å². The van der Waals surface area contributed by atoms with Gasteiger partial charge in [-0.15, -0.1) is 11.3 Å². The Kier molecular flexibility index (Phi) is 5.22. The third kappa shape index (κ3) is 4.14. The van der Waals surface area contributed by atoms with Crippen LogP contribution in [0.2, 0.25) is 4.34 Å². The van der Waals surface area contributed by atoms with Gasteiger partial charge in [0, 0.05) is 31.1 Å². The van der Waals surface area contributed by atoms with Crippen molar-refractivity contribution in [2.24, 2.45) is 5.92 Å². The van der Waals surface area contributed by atoms with Gasteiger partial charge in [-0.2, -0.15) is 17.4 Å². The number of aliphatic hydroxyl groups excluding tert-OH is 1. The van der Waals surface area contributed by atoms with Crippen LogP contribution >= 0.6 is 22.9 Å². The van der Waals surface area contributed by atoms with Crippen LogP contribution in [-0.2, 0) is 16.8 Å². The maximum absolute atomic E-state index is 12.1. The van der Waals surface area contributed by atoms with Crippen LogP contribution in [-0.4, -0.2) is 37.5 Å². The van der Waals surface area contributed by atoms with Crippen molar-refractivity contribution in [2.75, 3.05) is 19.7 Å². The van der Waals surface area contributed by atoms with Crippen LogP contribution < -0.4 is 4.72 Å². The SMILES string of the molecule is O=S(=O)(NCc1ccc(Cl)s1)N1CCCC(CO)C1. The minimum atomic E-state index is -3.48. The Morgan fingerprint density at radius 3 is 2.95 bits per heavy atom. The average Bonchev–Trinajstić information content (AvgIpc) is 2.82. The van der Waals surface area contributed by atoms with E-state index in [2.05, 4.69) is 4.72 Å². The van der Waals surface area contributed by atoms with Crippen molar-refractivity contribution in [3.05, 3.63) is 21.3 Å². The highest BCUT2D eigenvalue weighted by Crippen LogP contribution is 2.22. The lowest BCUT2D eigenvalue weighted by atomic mass is 10.0. The number of thiophene rings is 1. The minimum Gasteiger partial charge on any atom is -0.396 e. The summed E-state index contributed by atoms with van der Waals surface area (Å²) < 4.78 is 28.9. The van der Waals surface area contributed by atoms with E-state index >= 15 is 0 Å². The molecule has 0 spiro atoms. The van der Waals surface area contributed by atoms with Gasteiger partial charge >= 0.3 is 0 Å². The van der Waals surface area contributed by atoms with Crippen LogP contribution in [0.3, 0.4) is 0 Å². The third-order valence-electron chi connectivity index (χ3n) is 3.14. The second-order valence-corrected chi connectivity index (χ2v) is 8.14. The number of rotatable bonds is 5. The zero-order valence-corrected chi connectivity index (χ0v) is 12.8. The van der Waals surface area contributed by atoms with Crippen LogP contribution in [0.5, 0.6) is 0 Å². The predicted molar refractivity (Wildman–Crippen MR) is 76.5 cm³/mol. The molecule has 108 valence electrons. The maximum atomic E-state index is 12.1. The second kappa shape index (κ2) is 6.51. The zero-order valence-electron chi connectivity index (χ0n) is 10.4. The van der Waals surface area contributed by atoms with E-state index in [-0.39, 0.29) is 19.1 Å². The van der Waals surface area contributed by atoms with E-state index in [1.165, 1.54) is 15.6 Å². The lowest BCUT2D eigenvalue weighted by molar-refractivity contribution is 0.164. The van der Waals surface area contributed by atoms with Gasteiger partial charge in [0.15, 0.2) is 0 Å². The Labute approximate surface area is 122 Å². The first kappa shape index (κ1) is 15.2. The highest BCUT2D eigenvalue weighted by Gasteiger charge is 2.28. The molecule has 1 fully saturated rings. The molecule has 8 heteroatoms. The lowest BCUT2D eigenvalue weighted by Gasteiger charge is -2.30. The molecule has 1 unspecified atom stereocenters. The molecule has 2 N–H and O–H groups in total. The molecule has 1 atom stereocenters. The van der Waals surface area contributed by atoms with Crippen LogP contribution in [0.25, 0.3) is 0 Å². The molecule has 1 aliphatic rings. The van der Waals surface area contributed by atoms with Crippen LogP contribution in [0.1, 0.15) is 17.7 Å². The predicted octanol–water partition coefficient (Wildman–Crippen LogP) is 1.44. The van der Waals surface area contributed by atoms with Gasteiger partial charge in [-0.25, -0.2) is 0 Å². The molecule has 1 saturated heterocycles. The molecule has 1 aliphatic heterocycles. The Morgan fingerprint density at radius 2 is 2.32 bits per heavy atom. The van der Waals surface area contributed by atoms with Gasteiger partial charge in [-0.1, -0.05) is 11.6 Å². The highest BCUT2D eigenvalue weighted by molar-refractivity contribution is 7.87. The number of nitrogens with one attached hydrogen (secondary N) is 1. The van der Waals surface area contributed by atoms with Crippen molar-refractivity contribution in [1.82, 2.24) is 9.03 Å². The minimum absolute atomic E-state index is 0.0343. The number of nitrogens with zero attached hydrogens (tertiary/aromatic N) is 1. The molecular weight excluding hydrogens is 308 g/mol. The largest absolute Gasteiger partial charge is 0.396 e. The summed E-state index contributed by atoms with van der Waals surface area (Å²) in [5.41, 5.74) is 0. The monoisotopic (exact) mass is 324 g/mol. The first-order valence-electron chi connectivity index (χ1n) is 6.11. The first-order valence-corrected chi connectivity index (χ1v) is 8.74. The fourth-order valence-electron chi connectivity index (χ4n) is 2.09. The maximum Gasteiger partial charge on any atom is 0.279 e. The third-order valence-corrected chi connectivity index (χ3v) is 5.89. The number of hydrogen-bond acceptors (Lipinski definition) is 4. The molecule has 0 aromatic carbocycles. The molecule has 0 amide bonds. The fraction of sp³-hybridized carbons (Fsp3) is 0.636. The summed E-state index contributed by atoms with van der Waals surface area (Å²) in [4.78, 5) is 0.879. The Balaban J connectivity index is 1.94. The van der Waals surface area contributed by atoms with Crippen molar-refractivity contribution >= 4 is 33.1 Å². The second-order valence-electron chi connectivity index (χ2n) is 4.58. The Hall–Kier alpha value is -0.180. The van der Waals surface area contributed by atoms with E-state index in [4.69, 9.17) is 16.7 Å². The van der Waals surface area contributed by atoms with E-state index in [9.17, 15) is 8.42 Å². The average molecular weight is 325 g/mol. The van der Waals surface area contributed by atoms with Crippen molar-refractivity contribution in [3.63, 3.8) is 0 Å². The standard InChI is InChI=1S/C11H17ClN2O3S2/c12-11-4-3-10(18-11)6-13-19(16,17)14-5-1-2-9(7-14)8-15/h3-4,9,13,15H,1-2,5-8H2. The summed E-state index contributed by atoms with van der Waals surface area (Å²) in [6.07, 6.45) is 1.67. The number of hydrogen-bond donors (Lipinski definition) is 2. The molecule has 0 bridgehead atoms. The molecule has 0 aliphatic carbocycles. The molecule has 1 aromatic rings. The lowest BCUT2D eigenvalue weighted by Crippen LogP contribution is -2.46. The van der Waals surface area contributed by atoms with E-state index in [0.29, 0.717) is 17.4 Å². The van der Waals surface area contributed by atoms with Crippen molar-refractivity contribution in [3.8, 4) is 0 Å². The number of aliphatic hydroxyl groups is 1. The quantitative estimate of drug-likeness (QED) is 0.861. The van der Waals surface area contributed by atoms with Gasteiger partial charge in [0.1, 0.15) is 0 Å². The topological polar surface area (TPSA) is 69.6 Å². The summed E-state index contributed by atoms with van der Waals surface area (Å²) in [5, 5.41) is 9.13. The Bertz CT molecular complexity index is 518. The van der Waals surface area contributed by atoms with E-state index in [1.807, 2.05) is 6.07 Å². The number of piperidine rings is 1. The summed E-state index contributed by atoms with van der Waals surface area (Å²) in [6.45, 7) is 1.18. The van der Waals surface area contributed by atoms with Crippen molar-refractivity contribution in [2.45, 2.75) is 19.4 Å². The van der Waals surface area contributed by atoms with Crippen molar-refractivity contribution < 1.29 is 13.5 Å². The molecule has 1 aromatic heterocycles. The van der Waals surface area contributed by atoms with Gasteiger partial charge in [-0.05, 0) is 30.9 Å². The molecule has 19 heavy (non-hydrogen) atoms. The zero-order chi connectivity index (χ0) is 13.9. The molecule has 5 nitrogen and oxygen atoms in total. The Morgan fingerprint density at radius 1 is 1.53 bits per heavy atom. The van der Waals surface area contributed by atoms with Crippen LogP contribution in [0, 0.1) is 5.92 Å². The highest BCUT2D eigenvalue weighted by atomic mass is 35.5. The molecule has 0 radical (unpaired) electrons. The smallest absolute Gasteiger partial charge is 0.279 e. The van der Waals surface area contributed by atoms with Gasteiger partial charge < -0.3 is 5.11 Å². The molecule has 0 saturated carbocycles. The number of halogens is 1. The summed E-state index contributed by atoms with van der Waals surface area (Å²) in [7, 11) is -3.48. The van der Waals surface area contributed by atoms with Crippen LogP contribution in [0.15, 0.2) is 12.1 Å². The van der Waals surface area contributed by atoms with Gasteiger partial charge in [0.05, 0.1) is 4.34 Å². The normalized spacial score (nSPS) is 21.7. The summed E-state index contributed by atoms with van der Waals surface area (Å²) in [5.74, 6) is 0.0431. The van der Waals surface area contributed by atoms with Crippen LogP contribution in [0.4, 0.5) is 0 Å². The van der Waals surface area contributed by atoms with Gasteiger partial charge in [0.2, 0.25) is 0 Å². The van der Waals surface area contributed by atoms with Gasteiger partial charge in [-0.3, -0.25) is 0 Å². The van der Waals surface area contributed by atoms with E-state index in [1.54, 1.807) is 6.07 Å². The molecule has 2 rings (SSSR count). The molecular formula is C11H17ClN2O3S2. The summed E-state index contributed by atoms with van der Waals surface area (Å²) >= 11 is 7.16. The van der Waals surface area contributed by atoms with E-state index < -0.39 is 10.2 Å². The first-order chi connectivity index (χ1) is 9.01. The van der Waals surface area contributed by atoms with Gasteiger partial charge in [0.25, 0.3) is 10.2 Å². The fourth-order valence-corrected chi connectivity index (χ4v) is 4.51. The summed E-state index contributed by atoms with van der Waals surface area (Å²) in [6, 6.07) is 3.56.